The van der Waals surface area contributed by atoms with Crippen molar-refractivity contribution in [3.8, 4) is 0 Å². The van der Waals surface area contributed by atoms with Crippen LogP contribution in [0.3, 0.4) is 0 Å². The second kappa shape index (κ2) is 3.04. The van der Waals surface area contributed by atoms with Crippen LogP contribution < -0.4 is 0 Å². The van der Waals surface area contributed by atoms with Gasteiger partial charge in [-0.15, -0.1) is 11.6 Å². The van der Waals surface area contributed by atoms with E-state index in [1.54, 1.807) is 13.8 Å². The number of hydrogen-bond donors (Lipinski definition) is 1. The van der Waals surface area contributed by atoms with Crippen LogP contribution in [0.1, 0.15) is 13.8 Å². The summed E-state index contributed by atoms with van der Waals surface area (Å²) in [6.07, 6.45) is 1.48. The van der Waals surface area contributed by atoms with E-state index in [4.69, 9.17) is 39.9 Å². The van der Waals surface area contributed by atoms with Gasteiger partial charge in [-0.05, 0) is 6.08 Å². The molecular weight excluding hydrogens is 234 g/mol. The maximum Gasteiger partial charge on any atom is 0.325 e. The minimum Gasteiger partial charge on any atom is -0.480 e. The van der Waals surface area contributed by atoms with Gasteiger partial charge in [0.2, 0.25) is 0 Å². The third-order valence-corrected chi connectivity index (χ3v) is 3.80. The normalized spacial score (nSPS) is 35.3. The van der Waals surface area contributed by atoms with Crippen LogP contribution in [0.15, 0.2) is 10.6 Å². The van der Waals surface area contributed by atoms with E-state index in [-0.39, 0.29) is 10.4 Å². The first kappa shape index (κ1) is 11.2. The molecule has 2 unspecified atom stereocenters. The summed E-state index contributed by atoms with van der Waals surface area (Å²) in [5.74, 6) is -1.35. The molecule has 0 bridgehead atoms. The van der Waals surface area contributed by atoms with Crippen molar-refractivity contribution in [2.24, 2.45) is 11.3 Å². The average Bonchev–Trinajstić information content (AvgIpc) is 2.35. The van der Waals surface area contributed by atoms with Gasteiger partial charge in [0.25, 0.3) is 0 Å². The molecule has 1 rings (SSSR count). The molecule has 0 aliphatic heterocycles. The number of aliphatic carboxylic acids is 1. The van der Waals surface area contributed by atoms with Crippen LogP contribution in [0.5, 0.6) is 0 Å². The molecule has 13 heavy (non-hydrogen) atoms. The molecule has 1 N–H and O–H groups in total. The van der Waals surface area contributed by atoms with Gasteiger partial charge in [-0.2, -0.15) is 0 Å². The van der Waals surface area contributed by atoms with Crippen LogP contribution in [-0.2, 0) is 4.79 Å². The molecule has 2 nitrogen and oxygen atoms in total. The van der Waals surface area contributed by atoms with Crippen LogP contribution in [0.25, 0.3) is 0 Å². The summed E-state index contributed by atoms with van der Waals surface area (Å²) in [4.78, 5) is 9.58. The van der Waals surface area contributed by atoms with Crippen LogP contribution >= 0.6 is 34.8 Å². The number of carboxylic acids is 1. The molecule has 2 atom stereocenters. The minimum absolute atomic E-state index is 0.0573. The summed E-state index contributed by atoms with van der Waals surface area (Å²) >= 11 is 16.8. The Bertz CT molecular complexity index is 281. The minimum atomic E-state index is -1.26. The maximum absolute atomic E-state index is 10.8. The number of alkyl halides is 1. The van der Waals surface area contributed by atoms with E-state index in [1.807, 2.05) is 0 Å². The van der Waals surface area contributed by atoms with Gasteiger partial charge in [0.1, 0.15) is 4.49 Å². The number of halogens is 3. The number of rotatable bonds is 2. The Morgan fingerprint density at radius 2 is 1.92 bits per heavy atom. The van der Waals surface area contributed by atoms with Crippen molar-refractivity contribution >= 4 is 40.8 Å². The molecule has 5 heteroatoms. The highest BCUT2D eigenvalue weighted by Gasteiger charge is 2.74. The number of allylic oxidation sites excluding steroid dienone is 1. The van der Waals surface area contributed by atoms with Gasteiger partial charge in [-0.25, -0.2) is 0 Å². The topological polar surface area (TPSA) is 37.3 Å². The Labute approximate surface area is 91.5 Å². The maximum atomic E-state index is 10.8. The van der Waals surface area contributed by atoms with E-state index < -0.39 is 16.3 Å². The second-order valence-corrected chi connectivity index (χ2v) is 5.28. The average molecular weight is 244 g/mol. The molecule has 1 aliphatic rings. The van der Waals surface area contributed by atoms with Gasteiger partial charge >= 0.3 is 5.97 Å². The fourth-order valence-electron chi connectivity index (χ4n) is 1.61. The highest BCUT2D eigenvalue weighted by atomic mass is 35.5. The Kier molecular flexibility index (Phi) is 2.61. The van der Waals surface area contributed by atoms with Crippen molar-refractivity contribution in [3.63, 3.8) is 0 Å². The van der Waals surface area contributed by atoms with Gasteiger partial charge < -0.3 is 5.11 Å². The molecule has 0 aromatic heterocycles. The van der Waals surface area contributed by atoms with Gasteiger partial charge in [0.05, 0.1) is 0 Å². The lowest BCUT2D eigenvalue weighted by molar-refractivity contribution is -0.138. The number of hydrogen-bond acceptors (Lipinski definition) is 1. The second-order valence-electron chi connectivity index (χ2n) is 3.67. The van der Waals surface area contributed by atoms with E-state index in [0.717, 1.165) is 0 Å². The highest BCUT2D eigenvalue weighted by molar-refractivity contribution is 6.56. The SMILES string of the molecule is CC1(C)C(C=C(Cl)Cl)C1(Cl)C(=O)O. The molecule has 1 fully saturated rings. The van der Waals surface area contributed by atoms with E-state index >= 15 is 0 Å². The quantitative estimate of drug-likeness (QED) is 0.757. The van der Waals surface area contributed by atoms with Gasteiger partial charge in [-0.1, -0.05) is 37.0 Å². The summed E-state index contributed by atoms with van der Waals surface area (Å²) in [6, 6.07) is 0. The van der Waals surface area contributed by atoms with E-state index in [0.29, 0.717) is 0 Å². The van der Waals surface area contributed by atoms with Crippen LogP contribution in [-0.4, -0.2) is 16.0 Å². The first-order valence-corrected chi connectivity index (χ1v) is 4.83. The van der Waals surface area contributed by atoms with Crippen molar-refractivity contribution in [2.45, 2.75) is 18.7 Å². The third-order valence-electron chi connectivity index (χ3n) is 2.66. The van der Waals surface area contributed by atoms with Gasteiger partial charge in [0, 0.05) is 11.3 Å². The lowest BCUT2D eigenvalue weighted by Gasteiger charge is -2.03. The van der Waals surface area contributed by atoms with E-state index in [2.05, 4.69) is 0 Å². The summed E-state index contributed by atoms with van der Waals surface area (Å²) in [5, 5.41) is 8.88. The fraction of sp³-hybridized carbons (Fsp3) is 0.625. The van der Waals surface area contributed by atoms with Crippen molar-refractivity contribution in [1.82, 2.24) is 0 Å². The van der Waals surface area contributed by atoms with E-state index in [1.165, 1.54) is 6.08 Å². The highest BCUT2D eigenvalue weighted by Crippen LogP contribution is 2.67. The molecule has 0 amide bonds. The molecular formula is C8H9Cl3O2. The van der Waals surface area contributed by atoms with Crippen molar-refractivity contribution < 1.29 is 9.90 Å². The molecule has 0 spiro atoms. The first-order valence-electron chi connectivity index (χ1n) is 3.69. The lowest BCUT2D eigenvalue weighted by atomic mass is 10.1. The van der Waals surface area contributed by atoms with Crippen LogP contribution in [0.4, 0.5) is 0 Å². The molecule has 0 radical (unpaired) electrons. The van der Waals surface area contributed by atoms with Crippen molar-refractivity contribution in [2.75, 3.05) is 0 Å². The number of carboxylic acid groups (broad SMARTS) is 1. The Morgan fingerprint density at radius 3 is 2.15 bits per heavy atom. The first-order chi connectivity index (χ1) is 5.74. The summed E-state index contributed by atoms with van der Waals surface area (Å²) in [6.45, 7) is 3.54. The zero-order valence-corrected chi connectivity index (χ0v) is 9.41. The largest absolute Gasteiger partial charge is 0.480 e. The lowest BCUT2D eigenvalue weighted by Crippen LogP contribution is -2.21. The zero-order valence-electron chi connectivity index (χ0n) is 7.14. The predicted octanol–water partition coefficient (Wildman–Crippen LogP) is 3.02. The third kappa shape index (κ3) is 1.45. The van der Waals surface area contributed by atoms with Crippen molar-refractivity contribution in [3.05, 3.63) is 10.6 Å². The number of carbonyl (C=O) groups is 1. The molecule has 1 aliphatic carbocycles. The standard InChI is InChI=1S/C8H9Cl3O2/c1-7(2)4(3-5(9)10)8(7,11)6(12)13/h3-4H,1-2H3,(H,12,13). The monoisotopic (exact) mass is 242 g/mol. The van der Waals surface area contributed by atoms with Crippen molar-refractivity contribution in [1.29, 1.82) is 0 Å². The van der Waals surface area contributed by atoms with Gasteiger partial charge in [-0.3, -0.25) is 4.79 Å². The molecule has 1 saturated carbocycles. The van der Waals surface area contributed by atoms with Crippen LogP contribution in [0.2, 0.25) is 0 Å². The molecule has 0 aromatic carbocycles. The fourth-order valence-corrected chi connectivity index (χ4v) is 2.26. The summed E-state index contributed by atoms with van der Waals surface area (Å²) in [5.41, 5.74) is -0.505. The molecule has 0 saturated heterocycles. The van der Waals surface area contributed by atoms with E-state index in [9.17, 15) is 4.79 Å². The molecule has 0 heterocycles. The molecule has 74 valence electrons. The smallest absolute Gasteiger partial charge is 0.325 e. The molecule has 0 aromatic rings. The van der Waals surface area contributed by atoms with Gasteiger partial charge in [0.15, 0.2) is 4.87 Å². The Morgan fingerprint density at radius 1 is 1.46 bits per heavy atom. The Balaban J connectivity index is 2.95. The Hall–Kier alpha value is 0.0800. The summed E-state index contributed by atoms with van der Waals surface area (Å²) < 4.78 is 0.0573. The predicted molar refractivity (Wildman–Crippen MR) is 53.3 cm³/mol. The van der Waals surface area contributed by atoms with Crippen LogP contribution in [0, 0.1) is 11.3 Å². The summed E-state index contributed by atoms with van der Waals surface area (Å²) in [7, 11) is 0. The zero-order chi connectivity index (χ0) is 10.4.